The van der Waals surface area contributed by atoms with Crippen molar-refractivity contribution in [1.82, 2.24) is 14.1 Å². The summed E-state index contributed by atoms with van der Waals surface area (Å²) in [6.07, 6.45) is 3.62. The maximum atomic E-state index is 13.1. The lowest BCUT2D eigenvalue weighted by molar-refractivity contribution is 0.0968. The van der Waals surface area contributed by atoms with E-state index in [9.17, 15) is 4.79 Å². The minimum absolute atomic E-state index is 0.0200. The summed E-state index contributed by atoms with van der Waals surface area (Å²) in [6.45, 7) is 4.32. The van der Waals surface area contributed by atoms with E-state index in [2.05, 4.69) is 32.8 Å². The number of allylic oxidation sites excluding steroid dienone is 1. The smallest absolute Gasteiger partial charge is 0.227 e. The molecule has 0 bridgehead atoms. The van der Waals surface area contributed by atoms with Gasteiger partial charge < -0.3 is 19.4 Å². The van der Waals surface area contributed by atoms with Crippen molar-refractivity contribution in [3.63, 3.8) is 0 Å². The number of nitrogens with zero attached hydrogens (tertiary/aromatic N) is 3. The summed E-state index contributed by atoms with van der Waals surface area (Å²) in [4.78, 5) is 17.3. The van der Waals surface area contributed by atoms with Crippen molar-refractivity contribution < 1.29 is 14.3 Å². The van der Waals surface area contributed by atoms with Gasteiger partial charge in [0.2, 0.25) is 11.8 Å². The lowest BCUT2D eigenvalue weighted by Gasteiger charge is -2.12. The van der Waals surface area contributed by atoms with Crippen molar-refractivity contribution in [2.24, 2.45) is 0 Å². The Hall–Kier alpha value is -2.91. The number of pyridine rings is 1. The fourth-order valence-electron chi connectivity index (χ4n) is 2.87. The third-order valence-electron chi connectivity index (χ3n) is 4.33. The van der Waals surface area contributed by atoms with Crippen LogP contribution in [0, 0.1) is 4.77 Å². The number of hydrogen-bond donors (Lipinski definition) is 1. The van der Waals surface area contributed by atoms with Gasteiger partial charge in [-0.1, -0.05) is 22.0 Å². The molecule has 30 heavy (non-hydrogen) atoms. The zero-order valence-corrected chi connectivity index (χ0v) is 19.0. The fraction of sp³-hybridized carbons (Fsp3) is 0.190. The molecule has 0 aliphatic heterocycles. The van der Waals surface area contributed by atoms with Gasteiger partial charge in [0.1, 0.15) is 5.82 Å². The van der Waals surface area contributed by atoms with Crippen molar-refractivity contribution in [3.8, 4) is 11.8 Å². The molecule has 0 radical (unpaired) electrons. The van der Waals surface area contributed by atoms with Crippen molar-refractivity contribution >= 4 is 45.4 Å². The van der Waals surface area contributed by atoms with Gasteiger partial charge in [0.15, 0.2) is 10.6 Å². The first-order valence-corrected chi connectivity index (χ1v) is 10.2. The summed E-state index contributed by atoms with van der Waals surface area (Å²) < 4.78 is 15.4. The highest BCUT2D eigenvalue weighted by atomic mass is 79.9. The first-order valence-electron chi connectivity index (χ1n) is 9.02. The number of halogens is 1. The van der Waals surface area contributed by atoms with E-state index in [4.69, 9.17) is 21.7 Å². The monoisotopic (exact) mass is 488 g/mol. The fourth-order valence-corrected chi connectivity index (χ4v) is 3.42. The topological polar surface area (TPSA) is 70.3 Å². The van der Waals surface area contributed by atoms with Crippen molar-refractivity contribution in [2.45, 2.75) is 13.1 Å². The van der Waals surface area contributed by atoms with Crippen LogP contribution in [0.2, 0.25) is 0 Å². The number of ether oxygens (including phenoxy) is 2. The lowest BCUT2D eigenvalue weighted by Crippen LogP contribution is -2.14. The summed E-state index contributed by atoms with van der Waals surface area (Å²) in [5.41, 5.74) is 1.22. The number of rotatable bonds is 9. The molecule has 0 atom stereocenters. The molecule has 0 aliphatic carbocycles. The Morgan fingerprint density at radius 1 is 1.23 bits per heavy atom. The number of Topliss-reactive ketones (excluding diaryl/α,β-unsaturated/α-hetero) is 1. The number of anilines is 2. The molecule has 1 N–H and O–H groups in total. The second-order valence-electron chi connectivity index (χ2n) is 6.29. The molecular formula is C21H21BrN4O3S. The molecule has 0 aliphatic rings. The van der Waals surface area contributed by atoms with Crippen LogP contribution >= 0.6 is 28.1 Å². The van der Waals surface area contributed by atoms with Crippen molar-refractivity contribution in [1.29, 1.82) is 0 Å². The van der Waals surface area contributed by atoms with E-state index in [0.717, 1.165) is 10.2 Å². The molecule has 2 aromatic heterocycles. The van der Waals surface area contributed by atoms with Gasteiger partial charge in [-0.25, -0.2) is 0 Å². The number of ketones is 1. The van der Waals surface area contributed by atoms with Crippen LogP contribution in [-0.4, -0.2) is 34.1 Å². The second-order valence-corrected chi connectivity index (χ2v) is 7.57. The Bertz CT molecular complexity index is 1120. The van der Waals surface area contributed by atoms with E-state index in [1.165, 1.54) is 14.2 Å². The number of aromatic nitrogens is 3. The van der Waals surface area contributed by atoms with Gasteiger partial charge in [-0.15, -0.1) is 6.58 Å². The summed E-state index contributed by atoms with van der Waals surface area (Å²) in [6, 6.07) is 11.0. The molecule has 0 saturated heterocycles. The molecule has 3 rings (SSSR count). The molecule has 0 spiro atoms. The maximum Gasteiger partial charge on any atom is 0.227 e. The molecule has 1 aromatic carbocycles. The number of hydrogen-bond acceptors (Lipinski definition) is 6. The SMILES string of the molecule is C=CCn1cc(Nc2ccc(Br)cc2)n(CC(=O)c2ccc(OC)nc2OC)c1=S. The summed E-state index contributed by atoms with van der Waals surface area (Å²) in [7, 11) is 2.97. The number of carbonyl (C=O) groups is 1. The van der Waals surface area contributed by atoms with Gasteiger partial charge in [0.25, 0.3) is 0 Å². The van der Waals surface area contributed by atoms with Gasteiger partial charge in [-0.05, 0) is 42.5 Å². The Kier molecular flexibility index (Phi) is 7.07. The van der Waals surface area contributed by atoms with Crippen LogP contribution in [0.3, 0.4) is 0 Å². The van der Waals surface area contributed by atoms with E-state index in [-0.39, 0.29) is 18.2 Å². The highest BCUT2D eigenvalue weighted by Gasteiger charge is 2.18. The average Bonchev–Trinajstić information content (AvgIpc) is 3.03. The standard InChI is InChI=1S/C21H21BrN4O3S/c1-4-11-25-13-18(23-15-7-5-14(22)6-8-15)26(21(25)30)12-17(27)16-9-10-19(28-2)24-20(16)29-3/h4-10,13,23H,1,11-12H2,2-3H3. The Morgan fingerprint density at radius 3 is 2.60 bits per heavy atom. The van der Waals surface area contributed by atoms with Crippen LogP contribution in [0.4, 0.5) is 11.5 Å². The highest BCUT2D eigenvalue weighted by Crippen LogP contribution is 2.24. The molecule has 3 aromatic rings. The lowest BCUT2D eigenvalue weighted by atomic mass is 10.1. The molecular weight excluding hydrogens is 468 g/mol. The van der Waals surface area contributed by atoms with Crippen LogP contribution in [0.25, 0.3) is 0 Å². The van der Waals surface area contributed by atoms with Gasteiger partial charge in [-0.2, -0.15) is 4.98 Å². The highest BCUT2D eigenvalue weighted by molar-refractivity contribution is 9.10. The predicted octanol–water partition coefficient (Wildman–Crippen LogP) is 5.01. The van der Waals surface area contributed by atoms with Crippen LogP contribution in [0.15, 0.2) is 59.7 Å². The zero-order valence-electron chi connectivity index (χ0n) is 16.6. The van der Waals surface area contributed by atoms with E-state index < -0.39 is 0 Å². The third-order valence-corrected chi connectivity index (χ3v) is 5.31. The molecule has 0 unspecified atom stereocenters. The van der Waals surface area contributed by atoms with E-state index in [1.807, 2.05) is 35.0 Å². The number of imidazole rings is 1. The molecule has 0 amide bonds. The largest absolute Gasteiger partial charge is 0.481 e. The Labute approximate surface area is 188 Å². The molecule has 0 fully saturated rings. The number of carbonyl (C=O) groups excluding carboxylic acids is 1. The third kappa shape index (κ3) is 4.80. The van der Waals surface area contributed by atoms with Gasteiger partial charge >= 0.3 is 0 Å². The molecule has 156 valence electrons. The Balaban J connectivity index is 1.96. The summed E-state index contributed by atoms with van der Waals surface area (Å²) >= 11 is 9.02. The van der Waals surface area contributed by atoms with E-state index in [1.54, 1.807) is 22.8 Å². The predicted molar refractivity (Wildman–Crippen MR) is 123 cm³/mol. The van der Waals surface area contributed by atoms with Crippen LogP contribution < -0.4 is 14.8 Å². The van der Waals surface area contributed by atoms with Gasteiger partial charge in [0.05, 0.1) is 26.3 Å². The van der Waals surface area contributed by atoms with Gasteiger partial charge in [-0.3, -0.25) is 9.36 Å². The first-order chi connectivity index (χ1) is 14.5. The van der Waals surface area contributed by atoms with Crippen LogP contribution in [-0.2, 0) is 13.1 Å². The van der Waals surface area contributed by atoms with E-state index >= 15 is 0 Å². The maximum absolute atomic E-state index is 13.1. The van der Waals surface area contributed by atoms with Gasteiger partial charge in [0, 0.05) is 29.0 Å². The summed E-state index contributed by atoms with van der Waals surface area (Å²) in [5, 5.41) is 3.32. The average molecular weight is 489 g/mol. The zero-order chi connectivity index (χ0) is 21.7. The van der Waals surface area contributed by atoms with Crippen LogP contribution in [0.1, 0.15) is 10.4 Å². The van der Waals surface area contributed by atoms with Crippen LogP contribution in [0.5, 0.6) is 11.8 Å². The molecule has 2 heterocycles. The second kappa shape index (κ2) is 9.73. The molecule has 7 nitrogen and oxygen atoms in total. The number of nitrogens with one attached hydrogen (secondary N) is 1. The number of methoxy groups -OCH3 is 2. The minimum atomic E-state index is -0.187. The number of benzene rings is 1. The normalized spacial score (nSPS) is 10.5. The molecule has 0 saturated carbocycles. The quantitative estimate of drug-likeness (QED) is 0.259. The first kappa shape index (κ1) is 21.8. The summed E-state index contributed by atoms with van der Waals surface area (Å²) in [5.74, 6) is 1.08. The minimum Gasteiger partial charge on any atom is -0.481 e. The Morgan fingerprint density at radius 2 is 1.97 bits per heavy atom. The van der Waals surface area contributed by atoms with Crippen molar-refractivity contribution in [3.05, 3.63) is 70.1 Å². The van der Waals surface area contributed by atoms with Crippen molar-refractivity contribution in [2.75, 3.05) is 19.5 Å². The van der Waals surface area contributed by atoms with E-state index in [0.29, 0.717) is 28.6 Å². The molecule has 9 heteroatoms.